The molecule has 3 rings (SSSR count). The molecule has 1 saturated carbocycles. The van der Waals surface area contributed by atoms with Gasteiger partial charge in [0.1, 0.15) is 0 Å². The first kappa shape index (κ1) is 14.0. The number of benzene rings is 1. The molecule has 1 unspecified atom stereocenters. The summed E-state index contributed by atoms with van der Waals surface area (Å²) in [5, 5.41) is 1.21. The lowest BCUT2D eigenvalue weighted by molar-refractivity contribution is 0.320. The third-order valence-corrected chi connectivity index (χ3v) is 5.47. The Labute approximate surface area is 124 Å². The fourth-order valence-electron chi connectivity index (χ4n) is 3.27. The molecule has 0 saturated heterocycles. The van der Waals surface area contributed by atoms with Crippen LogP contribution in [-0.2, 0) is 6.42 Å². The molecule has 1 aliphatic carbocycles. The summed E-state index contributed by atoms with van der Waals surface area (Å²) < 4.78 is 1.28. The number of para-hydroxylation sites is 1. The highest BCUT2D eigenvalue weighted by atomic mass is 32.1. The summed E-state index contributed by atoms with van der Waals surface area (Å²) in [4.78, 5) is 4.74. The molecular weight excluding hydrogens is 266 g/mol. The topological polar surface area (TPSA) is 50.9 Å². The molecule has 1 aliphatic rings. The number of aromatic nitrogens is 1. The highest BCUT2D eigenvalue weighted by Crippen LogP contribution is 2.29. The molecule has 0 amide bonds. The summed E-state index contributed by atoms with van der Waals surface area (Å²) in [6.07, 6.45) is 9.04. The Bertz CT molecular complexity index is 510. The summed E-state index contributed by atoms with van der Waals surface area (Å²) in [5.74, 6) is 6.53. The first-order valence-corrected chi connectivity index (χ1v) is 8.49. The molecule has 108 valence electrons. The lowest BCUT2D eigenvalue weighted by Gasteiger charge is -2.24. The molecule has 0 aliphatic heterocycles. The number of thiazole rings is 1. The third-order valence-electron chi connectivity index (χ3n) is 4.42. The molecule has 0 bridgehead atoms. The van der Waals surface area contributed by atoms with E-state index in [1.54, 1.807) is 11.3 Å². The van der Waals surface area contributed by atoms with Crippen LogP contribution in [0.5, 0.6) is 0 Å². The van der Waals surface area contributed by atoms with E-state index >= 15 is 0 Å². The van der Waals surface area contributed by atoms with E-state index in [1.807, 2.05) is 0 Å². The van der Waals surface area contributed by atoms with Gasteiger partial charge < -0.3 is 0 Å². The van der Waals surface area contributed by atoms with Gasteiger partial charge in [0.2, 0.25) is 0 Å². The van der Waals surface area contributed by atoms with Gasteiger partial charge >= 0.3 is 0 Å². The van der Waals surface area contributed by atoms with Crippen LogP contribution in [0.1, 0.15) is 43.5 Å². The van der Waals surface area contributed by atoms with Crippen molar-refractivity contribution in [3.8, 4) is 0 Å². The van der Waals surface area contributed by atoms with Crippen molar-refractivity contribution in [1.82, 2.24) is 10.4 Å². The summed E-state index contributed by atoms with van der Waals surface area (Å²) in [5.41, 5.74) is 4.17. The van der Waals surface area contributed by atoms with Crippen LogP contribution in [0, 0.1) is 5.92 Å². The molecule has 4 heteroatoms. The van der Waals surface area contributed by atoms with Gasteiger partial charge in [0, 0.05) is 12.5 Å². The Morgan fingerprint density at radius 1 is 1.20 bits per heavy atom. The molecule has 3 nitrogen and oxygen atoms in total. The van der Waals surface area contributed by atoms with Gasteiger partial charge in [-0.15, -0.1) is 11.3 Å². The minimum Gasteiger partial charge on any atom is -0.271 e. The van der Waals surface area contributed by atoms with E-state index < -0.39 is 0 Å². The largest absolute Gasteiger partial charge is 0.271 e. The zero-order valence-corrected chi connectivity index (χ0v) is 12.7. The molecular formula is C16H23N3S. The SMILES string of the molecule is NNC(Cc1nc2ccccc2s1)C1CCCCCC1. The summed E-state index contributed by atoms with van der Waals surface area (Å²) in [7, 11) is 0. The minimum absolute atomic E-state index is 0.369. The second kappa shape index (κ2) is 6.66. The minimum atomic E-state index is 0.369. The van der Waals surface area contributed by atoms with Crippen LogP contribution in [0.25, 0.3) is 10.2 Å². The van der Waals surface area contributed by atoms with E-state index in [0.717, 1.165) is 11.9 Å². The van der Waals surface area contributed by atoms with Crippen LogP contribution in [-0.4, -0.2) is 11.0 Å². The number of hydrazine groups is 1. The van der Waals surface area contributed by atoms with Gasteiger partial charge in [-0.2, -0.15) is 0 Å². The van der Waals surface area contributed by atoms with Crippen LogP contribution >= 0.6 is 11.3 Å². The number of rotatable bonds is 4. The van der Waals surface area contributed by atoms with E-state index in [9.17, 15) is 0 Å². The van der Waals surface area contributed by atoms with Gasteiger partial charge in [0.25, 0.3) is 0 Å². The van der Waals surface area contributed by atoms with Gasteiger partial charge in [-0.1, -0.05) is 37.8 Å². The smallest absolute Gasteiger partial charge is 0.0954 e. The first-order chi connectivity index (χ1) is 9.86. The Hall–Kier alpha value is -0.970. The van der Waals surface area contributed by atoms with Crippen molar-refractivity contribution >= 4 is 21.6 Å². The Balaban J connectivity index is 1.73. The predicted octanol–water partition coefficient (Wildman–Crippen LogP) is 3.64. The van der Waals surface area contributed by atoms with Crippen molar-refractivity contribution in [3.63, 3.8) is 0 Å². The number of nitrogens with zero attached hydrogens (tertiary/aromatic N) is 1. The molecule has 1 atom stereocenters. The molecule has 1 aromatic carbocycles. The normalized spacial score (nSPS) is 19.1. The van der Waals surface area contributed by atoms with E-state index in [4.69, 9.17) is 10.8 Å². The number of hydrogen-bond donors (Lipinski definition) is 2. The van der Waals surface area contributed by atoms with Gasteiger partial charge in [0.05, 0.1) is 15.2 Å². The number of nitrogens with one attached hydrogen (secondary N) is 1. The lowest BCUT2D eigenvalue weighted by Crippen LogP contribution is -2.42. The molecule has 0 spiro atoms. The van der Waals surface area contributed by atoms with Crippen LogP contribution in [0.4, 0.5) is 0 Å². The standard InChI is InChI=1S/C16H23N3S/c17-19-14(12-7-3-1-2-4-8-12)11-16-18-13-9-5-6-10-15(13)20-16/h5-6,9-10,12,14,19H,1-4,7-8,11,17H2. The van der Waals surface area contributed by atoms with Crippen molar-refractivity contribution in [1.29, 1.82) is 0 Å². The predicted molar refractivity (Wildman–Crippen MR) is 85.6 cm³/mol. The Kier molecular flexibility index (Phi) is 4.65. The first-order valence-electron chi connectivity index (χ1n) is 7.67. The average Bonchev–Trinajstić information content (AvgIpc) is 2.69. The zero-order chi connectivity index (χ0) is 13.8. The molecule has 2 aromatic rings. The maximum Gasteiger partial charge on any atom is 0.0954 e. The second-order valence-corrected chi connectivity index (χ2v) is 6.92. The summed E-state index contributed by atoms with van der Waals surface area (Å²) in [6, 6.07) is 8.73. The lowest BCUT2D eigenvalue weighted by atomic mass is 9.90. The van der Waals surface area contributed by atoms with Gasteiger partial charge in [0.15, 0.2) is 0 Å². The van der Waals surface area contributed by atoms with Crippen LogP contribution in [0.2, 0.25) is 0 Å². The maximum atomic E-state index is 5.82. The zero-order valence-electron chi connectivity index (χ0n) is 11.8. The fourth-order valence-corrected chi connectivity index (χ4v) is 4.30. The van der Waals surface area contributed by atoms with Gasteiger partial charge in [-0.3, -0.25) is 11.3 Å². The van der Waals surface area contributed by atoms with Gasteiger partial charge in [-0.05, 0) is 30.9 Å². The fraction of sp³-hybridized carbons (Fsp3) is 0.562. The van der Waals surface area contributed by atoms with Crippen LogP contribution in [0.3, 0.4) is 0 Å². The average molecular weight is 289 g/mol. The van der Waals surface area contributed by atoms with Gasteiger partial charge in [-0.25, -0.2) is 4.98 Å². The monoisotopic (exact) mass is 289 g/mol. The molecule has 1 fully saturated rings. The quantitative estimate of drug-likeness (QED) is 0.513. The van der Waals surface area contributed by atoms with Crippen molar-refractivity contribution in [3.05, 3.63) is 29.3 Å². The number of hydrogen-bond acceptors (Lipinski definition) is 4. The Morgan fingerprint density at radius 2 is 1.95 bits per heavy atom. The van der Waals surface area contributed by atoms with Crippen molar-refractivity contribution < 1.29 is 0 Å². The number of nitrogens with two attached hydrogens (primary N) is 1. The van der Waals surface area contributed by atoms with E-state index in [-0.39, 0.29) is 0 Å². The van der Waals surface area contributed by atoms with Crippen molar-refractivity contribution in [2.75, 3.05) is 0 Å². The Morgan fingerprint density at radius 3 is 2.65 bits per heavy atom. The molecule has 0 radical (unpaired) electrons. The number of fused-ring (bicyclic) bond motifs is 1. The highest BCUT2D eigenvalue weighted by Gasteiger charge is 2.23. The van der Waals surface area contributed by atoms with Crippen molar-refractivity contribution in [2.24, 2.45) is 11.8 Å². The highest BCUT2D eigenvalue weighted by molar-refractivity contribution is 7.18. The second-order valence-electron chi connectivity index (χ2n) is 5.80. The molecule has 3 N–H and O–H groups in total. The molecule has 20 heavy (non-hydrogen) atoms. The van der Waals surface area contributed by atoms with Crippen LogP contribution < -0.4 is 11.3 Å². The van der Waals surface area contributed by atoms with Crippen LogP contribution in [0.15, 0.2) is 24.3 Å². The van der Waals surface area contributed by atoms with E-state index in [0.29, 0.717) is 12.0 Å². The van der Waals surface area contributed by atoms with Crippen molar-refractivity contribution in [2.45, 2.75) is 51.0 Å². The maximum absolute atomic E-state index is 5.82. The summed E-state index contributed by atoms with van der Waals surface area (Å²) in [6.45, 7) is 0. The summed E-state index contributed by atoms with van der Waals surface area (Å²) >= 11 is 1.80. The molecule has 1 aromatic heterocycles. The molecule has 1 heterocycles. The van der Waals surface area contributed by atoms with E-state index in [2.05, 4.69) is 29.7 Å². The van der Waals surface area contributed by atoms with E-state index in [1.165, 1.54) is 48.2 Å². The third kappa shape index (κ3) is 3.19.